The maximum Gasteiger partial charge on any atom is 0.273 e. The predicted octanol–water partition coefficient (Wildman–Crippen LogP) is 4.10. The van der Waals surface area contributed by atoms with Crippen molar-refractivity contribution in [2.45, 2.75) is 19.4 Å². The summed E-state index contributed by atoms with van der Waals surface area (Å²) in [5.41, 5.74) is 3.49. The quantitative estimate of drug-likeness (QED) is 0.683. The van der Waals surface area contributed by atoms with Crippen molar-refractivity contribution in [1.82, 2.24) is 15.1 Å². The van der Waals surface area contributed by atoms with E-state index in [1.807, 2.05) is 41.3 Å². The second kappa shape index (κ2) is 7.86. The molecule has 6 nitrogen and oxygen atoms in total. The molecule has 0 spiro atoms. The van der Waals surface area contributed by atoms with Gasteiger partial charge in [-0.15, -0.1) is 0 Å². The van der Waals surface area contributed by atoms with Crippen LogP contribution in [0.25, 0.3) is 11.3 Å². The van der Waals surface area contributed by atoms with E-state index in [0.29, 0.717) is 35.1 Å². The zero-order valence-corrected chi connectivity index (χ0v) is 15.9. The van der Waals surface area contributed by atoms with Crippen LogP contribution in [0.1, 0.15) is 28.9 Å². The number of aromatic nitrogens is 2. The van der Waals surface area contributed by atoms with Gasteiger partial charge in [0.2, 0.25) is 5.91 Å². The van der Waals surface area contributed by atoms with Gasteiger partial charge in [0.1, 0.15) is 5.69 Å². The van der Waals surface area contributed by atoms with E-state index in [-0.39, 0.29) is 11.8 Å². The van der Waals surface area contributed by atoms with Gasteiger partial charge in [0.05, 0.1) is 5.69 Å². The Morgan fingerprint density at radius 2 is 2.04 bits per heavy atom. The smallest absolute Gasteiger partial charge is 0.273 e. The summed E-state index contributed by atoms with van der Waals surface area (Å²) in [6, 6.07) is 16.5. The number of benzene rings is 2. The summed E-state index contributed by atoms with van der Waals surface area (Å²) in [4.78, 5) is 26.2. The highest BCUT2D eigenvalue weighted by Crippen LogP contribution is 2.22. The van der Waals surface area contributed by atoms with Crippen LogP contribution in [-0.4, -0.2) is 33.5 Å². The number of rotatable bonds is 5. The monoisotopic (exact) mass is 394 g/mol. The fourth-order valence-corrected chi connectivity index (χ4v) is 3.46. The lowest BCUT2D eigenvalue weighted by Crippen LogP contribution is -2.23. The molecule has 7 heteroatoms. The van der Waals surface area contributed by atoms with Gasteiger partial charge in [-0.1, -0.05) is 35.9 Å². The molecule has 2 aromatic carbocycles. The molecule has 1 aliphatic heterocycles. The number of nitrogens with one attached hydrogen (secondary N) is 2. The first-order valence-electron chi connectivity index (χ1n) is 9.08. The maximum atomic E-state index is 12.6. The Labute approximate surface area is 167 Å². The Kier molecular flexibility index (Phi) is 5.12. The molecule has 0 unspecified atom stereocenters. The highest BCUT2D eigenvalue weighted by molar-refractivity contribution is 6.30. The largest absolute Gasteiger partial charge is 0.338 e. The van der Waals surface area contributed by atoms with Crippen LogP contribution in [0.2, 0.25) is 5.02 Å². The normalized spacial score (nSPS) is 13.8. The number of anilines is 1. The van der Waals surface area contributed by atoms with Crippen molar-refractivity contribution >= 4 is 29.1 Å². The minimum Gasteiger partial charge on any atom is -0.338 e. The summed E-state index contributed by atoms with van der Waals surface area (Å²) in [7, 11) is 0. The van der Waals surface area contributed by atoms with E-state index < -0.39 is 0 Å². The van der Waals surface area contributed by atoms with Gasteiger partial charge in [-0.05, 0) is 42.3 Å². The molecule has 1 saturated heterocycles. The third kappa shape index (κ3) is 4.07. The fourth-order valence-electron chi connectivity index (χ4n) is 3.27. The molecular formula is C21H19ClN4O2. The summed E-state index contributed by atoms with van der Waals surface area (Å²) in [5.74, 6) is -0.101. The zero-order chi connectivity index (χ0) is 19.5. The first-order chi connectivity index (χ1) is 13.6. The van der Waals surface area contributed by atoms with E-state index >= 15 is 0 Å². The van der Waals surface area contributed by atoms with Gasteiger partial charge >= 0.3 is 0 Å². The SMILES string of the molecule is O=C(Nc1cccc(CN2CCCC2=O)c1)c1cc(-c2cccc(Cl)c2)n[nH]1. The molecule has 0 radical (unpaired) electrons. The first-order valence-corrected chi connectivity index (χ1v) is 9.46. The molecule has 4 rings (SSSR count). The molecule has 28 heavy (non-hydrogen) atoms. The van der Waals surface area contributed by atoms with Crippen LogP contribution < -0.4 is 5.32 Å². The Hall–Kier alpha value is -3.12. The molecule has 142 valence electrons. The number of likely N-dealkylation sites (tertiary alicyclic amines) is 1. The number of amides is 2. The van der Waals surface area contributed by atoms with Gasteiger partial charge in [-0.2, -0.15) is 5.10 Å². The van der Waals surface area contributed by atoms with Crippen LogP contribution in [-0.2, 0) is 11.3 Å². The van der Waals surface area contributed by atoms with Gasteiger partial charge in [-0.3, -0.25) is 14.7 Å². The first kappa shape index (κ1) is 18.3. The molecule has 0 aliphatic carbocycles. The van der Waals surface area contributed by atoms with Crippen LogP contribution in [0.3, 0.4) is 0 Å². The minimum atomic E-state index is -0.282. The summed E-state index contributed by atoms with van der Waals surface area (Å²) < 4.78 is 0. The summed E-state index contributed by atoms with van der Waals surface area (Å²) in [6.07, 6.45) is 1.52. The van der Waals surface area contributed by atoms with E-state index in [4.69, 9.17) is 11.6 Å². The number of H-pyrrole nitrogens is 1. The Morgan fingerprint density at radius 3 is 2.82 bits per heavy atom. The summed E-state index contributed by atoms with van der Waals surface area (Å²) in [6.45, 7) is 1.35. The van der Waals surface area contributed by atoms with Crippen molar-refractivity contribution in [1.29, 1.82) is 0 Å². The van der Waals surface area contributed by atoms with E-state index in [9.17, 15) is 9.59 Å². The Morgan fingerprint density at radius 1 is 1.18 bits per heavy atom. The highest BCUT2D eigenvalue weighted by Gasteiger charge is 2.20. The van der Waals surface area contributed by atoms with E-state index in [0.717, 1.165) is 24.1 Å². The fraction of sp³-hybridized carbons (Fsp3) is 0.190. The molecular weight excluding hydrogens is 376 g/mol. The number of carbonyl (C=O) groups is 2. The molecule has 1 aliphatic rings. The van der Waals surface area contributed by atoms with Crippen LogP contribution in [0.4, 0.5) is 5.69 Å². The van der Waals surface area contributed by atoms with Crippen LogP contribution in [0.15, 0.2) is 54.6 Å². The van der Waals surface area contributed by atoms with Gasteiger partial charge in [0.25, 0.3) is 5.91 Å². The van der Waals surface area contributed by atoms with Gasteiger partial charge in [-0.25, -0.2) is 0 Å². The van der Waals surface area contributed by atoms with Gasteiger partial charge in [0.15, 0.2) is 0 Å². The molecule has 2 N–H and O–H groups in total. The second-order valence-electron chi connectivity index (χ2n) is 6.75. The third-order valence-corrected chi connectivity index (χ3v) is 4.91. The van der Waals surface area contributed by atoms with E-state index in [1.54, 1.807) is 18.2 Å². The molecule has 2 amide bonds. The third-order valence-electron chi connectivity index (χ3n) is 4.67. The lowest BCUT2D eigenvalue weighted by atomic mass is 10.1. The molecule has 3 aromatic rings. The molecule has 0 saturated carbocycles. The van der Waals surface area contributed by atoms with Crippen molar-refractivity contribution in [3.05, 3.63) is 70.9 Å². The lowest BCUT2D eigenvalue weighted by molar-refractivity contribution is -0.128. The predicted molar refractivity (Wildman–Crippen MR) is 108 cm³/mol. The van der Waals surface area contributed by atoms with E-state index in [2.05, 4.69) is 15.5 Å². The Bertz CT molecular complexity index is 1030. The second-order valence-corrected chi connectivity index (χ2v) is 7.19. The van der Waals surface area contributed by atoms with Gasteiger partial charge < -0.3 is 10.2 Å². The van der Waals surface area contributed by atoms with E-state index in [1.165, 1.54) is 0 Å². The number of nitrogens with zero attached hydrogens (tertiary/aromatic N) is 2. The maximum absolute atomic E-state index is 12.6. The number of aromatic amines is 1. The average Bonchev–Trinajstić information content (AvgIpc) is 3.32. The van der Waals surface area contributed by atoms with Crippen molar-refractivity contribution in [2.75, 3.05) is 11.9 Å². The van der Waals surface area contributed by atoms with Crippen molar-refractivity contribution in [2.24, 2.45) is 0 Å². The zero-order valence-electron chi connectivity index (χ0n) is 15.1. The van der Waals surface area contributed by atoms with Gasteiger partial charge in [0, 0.05) is 35.8 Å². The van der Waals surface area contributed by atoms with Crippen LogP contribution in [0.5, 0.6) is 0 Å². The lowest BCUT2D eigenvalue weighted by Gasteiger charge is -2.16. The van der Waals surface area contributed by atoms with Crippen LogP contribution in [0, 0.1) is 0 Å². The molecule has 0 atom stereocenters. The number of hydrogen-bond acceptors (Lipinski definition) is 3. The molecule has 0 bridgehead atoms. The average molecular weight is 395 g/mol. The number of carbonyl (C=O) groups excluding carboxylic acids is 2. The highest BCUT2D eigenvalue weighted by atomic mass is 35.5. The summed E-state index contributed by atoms with van der Waals surface area (Å²) >= 11 is 6.01. The number of halogens is 1. The van der Waals surface area contributed by atoms with Crippen molar-refractivity contribution in [3.63, 3.8) is 0 Å². The topological polar surface area (TPSA) is 78.1 Å². The number of hydrogen-bond donors (Lipinski definition) is 2. The minimum absolute atomic E-state index is 0.181. The van der Waals surface area contributed by atoms with Crippen molar-refractivity contribution in [3.8, 4) is 11.3 Å². The van der Waals surface area contributed by atoms with Crippen LogP contribution >= 0.6 is 11.6 Å². The van der Waals surface area contributed by atoms with Crippen molar-refractivity contribution < 1.29 is 9.59 Å². The molecule has 1 fully saturated rings. The molecule has 2 heterocycles. The Balaban J connectivity index is 1.45. The molecule has 1 aromatic heterocycles. The standard InChI is InChI=1S/C21H19ClN4O2/c22-16-6-2-5-15(11-16)18-12-19(25-24-18)21(28)23-17-7-1-4-14(10-17)13-26-9-3-8-20(26)27/h1-2,4-7,10-12H,3,8-9,13H2,(H,23,28)(H,24,25). The summed E-state index contributed by atoms with van der Waals surface area (Å²) in [5, 5.41) is 10.4.